The summed E-state index contributed by atoms with van der Waals surface area (Å²) in [7, 11) is 0. The second kappa shape index (κ2) is 14.1. The summed E-state index contributed by atoms with van der Waals surface area (Å²) in [5.41, 5.74) is 8.21. The molecule has 0 saturated heterocycles. The van der Waals surface area contributed by atoms with Crippen LogP contribution >= 0.6 is 0 Å². The third kappa shape index (κ3) is 8.22. The molecule has 2 aromatic rings. The Morgan fingerprint density at radius 3 is 2.18 bits per heavy atom. The van der Waals surface area contributed by atoms with E-state index in [2.05, 4.69) is 96.2 Å². The van der Waals surface area contributed by atoms with Crippen LogP contribution in [0.4, 0.5) is 0 Å². The first-order valence-electron chi connectivity index (χ1n) is 9.44. The van der Waals surface area contributed by atoms with Gasteiger partial charge in [-0.25, -0.2) is 12.2 Å². The molecule has 2 aliphatic rings. The fourth-order valence-electron chi connectivity index (χ4n) is 2.90. The summed E-state index contributed by atoms with van der Waals surface area (Å²) < 4.78 is 1.59. The molecule has 4 rings (SSSR count). The van der Waals surface area contributed by atoms with Crippen LogP contribution in [0.15, 0.2) is 48.6 Å². The standard InChI is InChI=1S/C15H13.C5H5.C5H10.2ClH.Ti/c1-10-3-5-12-9-13-6-4-11(2)8-15(13)14(12)7-10;1-2-4-5-3-1;1-3-5-4-2;;;/h3-5,7-8H,9H2,1-2H3;1-3H,4H2;3-4H2,1-2H3;2*1H;/q2*-1;;;;+2/p-2. The van der Waals surface area contributed by atoms with Gasteiger partial charge in [0, 0.05) is 0 Å². The molecule has 0 saturated carbocycles. The molecule has 28 heavy (non-hydrogen) atoms. The molecular formula is C25H28Cl2Ti-2. The summed E-state index contributed by atoms with van der Waals surface area (Å²) in [5.74, 6) is 0. The molecule has 0 aliphatic heterocycles. The number of hydrogen-bond donors (Lipinski definition) is 0. The first kappa shape index (κ1) is 27.1. The molecule has 0 atom stereocenters. The molecule has 148 valence electrons. The Labute approximate surface area is 195 Å². The van der Waals surface area contributed by atoms with Gasteiger partial charge >= 0.3 is 50.5 Å². The average Bonchev–Trinajstić information content (AvgIpc) is 3.33. The molecule has 0 amide bonds. The molecule has 0 N–H and O–H groups in total. The van der Waals surface area contributed by atoms with Gasteiger partial charge in [-0.2, -0.15) is 35.4 Å². The van der Waals surface area contributed by atoms with Crippen molar-refractivity contribution < 1.29 is 44.8 Å². The maximum atomic E-state index is 3.38. The van der Waals surface area contributed by atoms with Gasteiger partial charge in [0.05, 0.1) is 0 Å². The minimum atomic E-state index is 0. The quantitative estimate of drug-likeness (QED) is 0.397. The van der Waals surface area contributed by atoms with Crippen LogP contribution < -0.4 is 24.8 Å². The van der Waals surface area contributed by atoms with Gasteiger partial charge in [0.1, 0.15) is 0 Å². The summed E-state index contributed by atoms with van der Waals surface area (Å²) in [6.45, 7) is 8.67. The van der Waals surface area contributed by atoms with E-state index in [1.807, 2.05) is 12.2 Å². The average molecular weight is 447 g/mol. The van der Waals surface area contributed by atoms with E-state index < -0.39 is 0 Å². The minimum Gasteiger partial charge on any atom is -1.00 e. The van der Waals surface area contributed by atoms with Crippen LogP contribution in [0.5, 0.6) is 0 Å². The van der Waals surface area contributed by atoms with E-state index in [1.54, 1.807) is 3.81 Å². The van der Waals surface area contributed by atoms with Gasteiger partial charge in [0.15, 0.2) is 0 Å². The first-order valence-corrected chi connectivity index (χ1v) is 10.2. The van der Waals surface area contributed by atoms with Crippen LogP contribution in [0.3, 0.4) is 0 Å². The zero-order valence-corrected chi connectivity index (χ0v) is 20.3. The van der Waals surface area contributed by atoms with Crippen molar-refractivity contribution in [2.45, 2.75) is 53.4 Å². The number of fused-ring (bicyclic) bond motifs is 3. The number of allylic oxidation sites excluding steroid dienone is 4. The fourth-order valence-corrected chi connectivity index (χ4v) is 2.90. The largest absolute Gasteiger partial charge is 1.00 e. The monoisotopic (exact) mass is 446 g/mol. The number of halogens is 2. The Hall–Kier alpha value is -0.916. The molecule has 2 aliphatic carbocycles. The molecule has 0 aromatic heterocycles. The fraction of sp³-hybridized carbons (Fsp3) is 0.320. The smallest absolute Gasteiger partial charge is 0.0253 e. The number of benzene rings is 2. The maximum absolute atomic E-state index is 3.38. The third-order valence-corrected chi connectivity index (χ3v) is 5.64. The zero-order chi connectivity index (χ0) is 18.9. The molecular weight excluding hydrogens is 419 g/mol. The molecule has 0 heterocycles. The van der Waals surface area contributed by atoms with E-state index in [4.69, 9.17) is 0 Å². The molecule has 2 aromatic carbocycles. The maximum Gasteiger partial charge on any atom is -0.0253 e. The van der Waals surface area contributed by atoms with Gasteiger partial charge in [0.25, 0.3) is 0 Å². The van der Waals surface area contributed by atoms with E-state index in [1.165, 1.54) is 46.2 Å². The van der Waals surface area contributed by atoms with Crippen molar-refractivity contribution in [3.63, 3.8) is 0 Å². The summed E-state index contributed by atoms with van der Waals surface area (Å²) >= 11 is 2.19. The van der Waals surface area contributed by atoms with Gasteiger partial charge in [-0.05, 0) is 13.3 Å². The van der Waals surface area contributed by atoms with Crippen LogP contribution in [0.2, 0.25) is 0 Å². The number of rotatable bonds is 2. The van der Waals surface area contributed by atoms with Crippen molar-refractivity contribution in [1.29, 1.82) is 0 Å². The summed E-state index contributed by atoms with van der Waals surface area (Å²) in [6, 6.07) is 14.5. The summed E-state index contributed by atoms with van der Waals surface area (Å²) in [5, 5.41) is 0. The Morgan fingerprint density at radius 1 is 1.00 bits per heavy atom. The van der Waals surface area contributed by atoms with Crippen LogP contribution in [0.1, 0.15) is 55.4 Å². The molecule has 0 nitrogen and oxygen atoms in total. The van der Waals surface area contributed by atoms with Crippen molar-refractivity contribution >= 4 is 3.81 Å². The Morgan fingerprint density at radius 2 is 1.68 bits per heavy atom. The Bertz CT molecular complexity index is 754. The predicted octanol–water partition coefficient (Wildman–Crippen LogP) is 0.514. The Kier molecular flexibility index (Phi) is 13.7. The van der Waals surface area contributed by atoms with E-state index in [-0.39, 0.29) is 24.8 Å². The van der Waals surface area contributed by atoms with Gasteiger partial charge in [-0.15, -0.1) is 12.0 Å². The molecule has 0 unspecified atom stereocenters. The van der Waals surface area contributed by atoms with Crippen molar-refractivity contribution in [3.8, 4) is 11.1 Å². The molecule has 0 fully saturated rings. The Balaban J connectivity index is 0.000000473. The van der Waals surface area contributed by atoms with E-state index in [0.29, 0.717) is 0 Å². The van der Waals surface area contributed by atoms with Crippen molar-refractivity contribution in [1.82, 2.24) is 0 Å². The van der Waals surface area contributed by atoms with Gasteiger partial charge < -0.3 is 24.8 Å². The van der Waals surface area contributed by atoms with Crippen molar-refractivity contribution in [2.24, 2.45) is 0 Å². The molecule has 0 radical (unpaired) electrons. The van der Waals surface area contributed by atoms with E-state index in [9.17, 15) is 0 Å². The van der Waals surface area contributed by atoms with Crippen LogP contribution in [0.25, 0.3) is 11.1 Å². The van der Waals surface area contributed by atoms with Gasteiger partial charge in [-0.3, -0.25) is 6.08 Å². The first-order chi connectivity index (χ1) is 12.5. The third-order valence-electron chi connectivity index (χ3n) is 4.53. The predicted molar refractivity (Wildman–Crippen MR) is 110 cm³/mol. The molecule has 0 spiro atoms. The zero-order valence-electron chi connectivity index (χ0n) is 17.2. The van der Waals surface area contributed by atoms with Crippen molar-refractivity contribution in [2.75, 3.05) is 0 Å². The van der Waals surface area contributed by atoms with Crippen molar-refractivity contribution in [3.05, 3.63) is 83.0 Å². The number of hydrogen-bond acceptors (Lipinski definition) is 0. The topological polar surface area (TPSA) is 0 Å². The summed E-state index contributed by atoms with van der Waals surface area (Å²) in [4.78, 5) is 0. The normalized spacial score (nSPS) is 11.6. The molecule has 0 bridgehead atoms. The minimum absolute atomic E-state index is 0. The molecule has 3 heteroatoms. The van der Waals surface area contributed by atoms with Crippen LogP contribution in [0, 0.1) is 26.0 Å². The number of aryl methyl sites for hydroxylation is 2. The van der Waals surface area contributed by atoms with Crippen LogP contribution in [-0.2, 0) is 26.4 Å². The van der Waals surface area contributed by atoms with E-state index in [0.717, 1.165) is 12.8 Å². The SMILES string of the molecule is CC[C](=[Ti+2])CC.Cc1c[c-]c2c(c1)-c1cc(C)ccc1C2.[C-]1=CC=CC1.[Cl-].[Cl-]. The van der Waals surface area contributed by atoms with Gasteiger partial charge in [0.2, 0.25) is 0 Å². The van der Waals surface area contributed by atoms with Gasteiger partial charge in [-0.1, -0.05) is 41.8 Å². The van der Waals surface area contributed by atoms with Crippen LogP contribution in [-0.4, -0.2) is 3.81 Å². The second-order valence-electron chi connectivity index (χ2n) is 6.72. The summed E-state index contributed by atoms with van der Waals surface area (Å²) in [6.07, 6.45) is 13.5. The van der Waals surface area contributed by atoms with E-state index >= 15 is 0 Å². The second-order valence-corrected chi connectivity index (χ2v) is 7.82.